The predicted octanol–water partition coefficient (Wildman–Crippen LogP) is 4.40. The Hall–Kier alpha value is -2.23. The fourth-order valence-corrected chi connectivity index (χ4v) is 6.56. The molecule has 2 unspecified atom stereocenters. The Bertz CT molecular complexity index is 1100. The molecule has 1 fully saturated rings. The van der Waals surface area contributed by atoms with Crippen molar-refractivity contribution in [2.45, 2.75) is 184 Å². The molecule has 0 radical (unpaired) electrons. The number of benzene rings is 1. The first kappa shape index (κ1) is 46.9. The molecule has 53 heavy (non-hydrogen) atoms. The van der Waals surface area contributed by atoms with Crippen LogP contribution in [0.25, 0.3) is 0 Å². The van der Waals surface area contributed by atoms with Gasteiger partial charge in [-0.1, -0.05) is 110 Å². The van der Waals surface area contributed by atoms with Gasteiger partial charge in [-0.3, -0.25) is 9.59 Å². The highest BCUT2D eigenvalue weighted by Crippen LogP contribution is 2.23. The highest BCUT2D eigenvalue weighted by atomic mass is 19.1. The van der Waals surface area contributed by atoms with E-state index in [0.717, 1.165) is 51.4 Å². The SMILES string of the molecule is CCCCCCCCCCCCCC[C@@H](O)[C@@H](O)[C@H](CO[C@H]1OC(CO)[C@H](O)[C@H](O)C1O)NC(=O)CCCCCCCCNC(=O)c1ccc(F)cc1. The molecule has 306 valence electrons. The minimum Gasteiger partial charge on any atom is -0.394 e. The van der Waals surface area contributed by atoms with Crippen LogP contribution in [0.1, 0.15) is 146 Å². The van der Waals surface area contributed by atoms with Gasteiger partial charge in [-0.2, -0.15) is 0 Å². The molecule has 1 saturated heterocycles. The third-order valence-electron chi connectivity index (χ3n) is 10.0. The number of ether oxygens (including phenoxy) is 2. The predicted molar refractivity (Wildman–Crippen MR) is 200 cm³/mol. The molecule has 8 N–H and O–H groups in total. The summed E-state index contributed by atoms with van der Waals surface area (Å²) < 4.78 is 24.1. The summed E-state index contributed by atoms with van der Waals surface area (Å²) in [5, 5.41) is 67.6. The highest BCUT2D eigenvalue weighted by molar-refractivity contribution is 5.94. The maximum absolute atomic E-state index is 13.0. The van der Waals surface area contributed by atoms with Crippen LogP contribution in [0.2, 0.25) is 0 Å². The topological polar surface area (TPSA) is 198 Å². The van der Waals surface area contributed by atoms with Gasteiger partial charge in [-0.15, -0.1) is 0 Å². The average Bonchev–Trinajstić information content (AvgIpc) is 3.15. The third-order valence-corrected chi connectivity index (χ3v) is 10.0. The quantitative estimate of drug-likeness (QED) is 0.0521. The van der Waals surface area contributed by atoms with Crippen LogP contribution in [0.15, 0.2) is 24.3 Å². The Labute approximate surface area is 315 Å². The third kappa shape index (κ3) is 19.3. The molecule has 2 amide bonds. The van der Waals surface area contributed by atoms with Gasteiger partial charge < -0.3 is 50.7 Å². The van der Waals surface area contributed by atoms with Crippen molar-refractivity contribution < 1.29 is 54.1 Å². The molecule has 8 atom stereocenters. The van der Waals surface area contributed by atoms with Crippen LogP contribution < -0.4 is 10.6 Å². The molecule has 2 rings (SSSR count). The van der Waals surface area contributed by atoms with E-state index in [9.17, 15) is 44.6 Å². The Balaban J connectivity index is 1.73. The number of carbonyl (C=O) groups is 2. The Morgan fingerprint density at radius 2 is 1.32 bits per heavy atom. The van der Waals surface area contributed by atoms with Crippen molar-refractivity contribution in [1.29, 1.82) is 0 Å². The van der Waals surface area contributed by atoms with E-state index in [1.165, 1.54) is 75.6 Å². The van der Waals surface area contributed by atoms with Crippen LogP contribution in [0.4, 0.5) is 4.39 Å². The average molecular weight is 757 g/mol. The van der Waals surface area contributed by atoms with Crippen LogP contribution in [-0.2, 0) is 14.3 Å². The lowest BCUT2D eigenvalue weighted by molar-refractivity contribution is -0.303. The molecular formula is C40H69FN2O10. The van der Waals surface area contributed by atoms with Gasteiger partial charge >= 0.3 is 0 Å². The number of amides is 2. The van der Waals surface area contributed by atoms with Crippen molar-refractivity contribution in [3.63, 3.8) is 0 Å². The van der Waals surface area contributed by atoms with Gasteiger partial charge in [0.1, 0.15) is 36.3 Å². The van der Waals surface area contributed by atoms with Crippen molar-refractivity contribution in [2.75, 3.05) is 19.8 Å². The van der Waals surface area contributed by atoms with E-state index < -0.39 is 61.4 Å². The lowest BCUT2D eigenvalue weighted by Gasteiger charge is -2.40. The summed E-state index contributed by atoms with van der Waals surface area (Å²) in [5.74, 6) is -0.973. The smallest absolute Gasteiger partial charge is 0.251 e. The zero-order chi connectivity index (χ0) is 38.8. The summed E-state index contributed by atoms with van der Waals surface area (Å²) in [4.78, 5) is 25.0. The zero-order valence-electron chi connectivity index (χ0n) is 31.9. The van der Waals surface area contributed by atoms with Crippen molar-refractivity contribution in [3.05, 3.63) is 35.6 Å². The van der Waals surface area contributed by atoms with Gasteiger partial charge in [0.15, 0.2) is 6.29 Å². The van der Waals surface area contributed by atoms with E-state index in [4.69, 9.17) is 9.47 Å². The molecule has 0 spiro atoms. The van der Waals surface area contributed by atoms with Crippen LogP contribution in [0.3, 0.4) is 0 Å². The number of unbranched alkanes of at least 4 members (excludes halogenated alkanes) is 16. The van der Waals surface area contributed by atoms with Crippen molar-refractivity contribution >= 4 is 11.8 Å². The molecule has 13 heteroatoms. The maximum atomic E-state index is 13.0. The van der Waals surface area contributed by atoms with Crippen LogP contribution in [0, 0.1) is 5.82 Å². The second-order valence-electron chi connectivity index (χ2n) is 14.6. The number of rotatable bonds is 30. The van der Waals surface area contributed by atoms with Gasteiger partial charge in [0.25, 0.3) is 5.91 Å². The fourth-order valence-electron chi connectivity index (χ4n) is 6.56. The summed E-state index contributed by atoms with van der Waals surface area (Å²) in [6.07, 6.45) is 9.51. The maximum Gasteiger partial charge on any atom is 0.251 e. The summed E-state index contributed by atoms with van der Waals surface area (Å²) in [6, 6.07) is 4.34. The van der Waals surface area contributed by atoms with E-state index in [2.05, 4.69) is 17.6 Å². The van der Waals surface area contributed by atoms with Gasteiger partial charge in [0.2, 0.25) is 5.91 Å². The second kappa shape index (κ2) is 28.2. The number of nitrogens with one attached hydrogen (secondary N) is 2. The van der Waals surface area contributed by atoms with Gasteiger partial charge in [-0.05, 0) is 43.5 Å². The first-order valence-corrected chi connectivity index (χ1v) is 20.2. The Morgan fingerprint density at radius 1 is 0.774 bits per heavy atom. The van der Waals surface area contributed by atoms with E-state index in [1.54, 1.807) is 0 Å². The molecule has 0 bridgehead atoms. The van der Waals surface area contributed by atoms with E-state index >= 15 is 0 Å². The molecule has 1 aromatic rings. The molecule has 1 aliphatic heterocycles. The number of hydrogen-bond donors (Lipinski definition) is 8. The number of aliphatic hydroxyl groups excluding tert-OH is 6. The number of halogens is 1. The summed E-state index contributed by atoms with van der Waals surface area (Å²) in [5.41, 5.74) is 0.411. The largest absolute Gasteiger partial charge is 0.394 e. The molecular weight excluding hydrogens is 687 g/mol. The number of hydrogen-bond acceptors (Lipinski definition) is 10. The second-order valence-corrected chi connectivity index (χ2v) is 14.6. The summed E-state index contributed by atoms with van der Waals surface area (Å²) in [6.45, 7) is 1.75. The first-order chi connectivity index (χ1) is 25.6. The molecule has 0 saturated carbocycles. The molecule has 0 aliphatic carbocycles. The molecule has 0 aromatic heterocycles. The van der Waals surface area contributed by atoms with E-state index in [-0.39, 0.29) is 24.8 Å². The zero-order valence-corrected chi connectivity index (χ0v) is 31.9. The Kier molecular flexibility index (Phi) is 25.0. The minimum atomic E-state index is -1.64. The molecule has 12 nitrogen and oxygen atoms in total. The standard InChI is InChI=1S/C40H69FN2O10/c1-2-3-4-5-6-7-8-9-10-11-14-17-20-32(45)35(47)31(28-52-40-38(50)37(49)36(48)33(27-44)53-40)43-34(46)21-18-15-12-13-16-19-26-42-39(51)29-22-24-30(41)25-23-29/h22-25,31-33,35-38,40,44-45,47-50H,2-21,26-28H2,1H3,(H,42,51)(H,43,46)/t31-,32+,33?,35-,36-,37-,38?,40-/m0/s1. The summed E-state index contributed by atoms with van der Waals surface area (Å²) in [7, 11) is 0. The van der Waals surface area contributed by atoms with Crippen LogP contribution in [-0.4, -0.2) is 111 Å². The molecule has 1 aromatic carbocycles. The van der Waals surface area contributed by atoms with Gasteiger partial charge in [-0.25, -0.2) is 4.39 Å². The van der Waals surface area contributed by atoms with Crippen molar-refractivity contribution in [1.82, 2.24) is 10.6 Å². The van der Waals surface area contributed by atoms with E-state index in [0.29, 0.717) is 31.4 Å². The number of carbonyl (C=O) groups excluding carboxylic acids is 2. The van der Waals surface area contributed by atoms with Crippen molar-refractivity contribution in [2.24, 2.45) is 0 Å². The normalized spacial score (nSPS) is 21.9. The monoisotopic (exact) mass is 756 g/mol. The molecule has 1 aliphatic rings. The number of aliphatic hydroxyl groups is 6. The summed E-state index contributed by atoms with van der Waals surface area (Å²) >= 11 is 0. The molecule has 1 heterocycles. The van der Waals surface area contributed by atoms with Gasteiger partial charge in [0, 0.05) is 18.5 Å². The van der Waals surface area contributed by atoms with Crippen molar-refractivity contribution in [3.8, 4) is 0 Å². The Morgan fingerprint density at radius 3 is 1.91 bits per heavy atom. The lowest BCUT2D eigenvalue weighted by Crippen LogP contribution is -2.60. The minimum absolute atomic E-state index is 0.186. The lowest BCUT2D eigenvalue weighted by atomic mass is 9.98. The first-order valence-electron chi connectivity index (χ1n) is 20.2. The highest BCUT2D eigenvalue weighted by Gasteiger charge is 2.44. The van der Waals surface area contributed by atoms with Crippen LogP contribution >= 0.6 is 0 Å². The van der Waals surface area contributed by atoms with Gasteiger partial charge in [0.05, 0.1) is 25.4 Å². The van der Waals surface area contributed by atoms with Crippen LogP contribution in [0.5, 0.6) is 0 Å². The fraction of sp³-hybridized carbons (Fsp3) is 0.800. The van der Waals surface area contributed by atoms with E-state index in [1.807, 2.05) is 0 Å².